The molecule has 2 aromatic carbocycles. The number of carbonyl (C=O) groups is 3. The highest BCUT2D eigenvalue weighted by Gasteiger charge is 2.43. The van der Waals surface area contributed by atoms with E-state index in [0.29, 0.717) is 49.5 Å². The molecule has 7 nitrogen and oxygen atoms in total. The van der Waals surface area contributed by atoms with Crippen LogP contribution < -0.4 is 11.1 Å². The van der Waals surface area contributed by atoms with E-state index < -0.39 is 6.04 Å². The van der Waals surface area contributed by atoms with Gasteiger partial charge in [0.1, 0.15) is 6.04 Å². The highest BCUT2D eigenvalue weighted by Crippen LogP contribution is 2.27. The molecule has 0 spiro atoms. The SMILES string of the molecule is Cc1ccc(C(=O)N2CC(N(CCc3ccccc3)C(=O)c3cccs3)CC2C(=O)NCCN)cc1. The summed E-state index contributed by atoms with van der Waals surface area (Å²) in [4.78, 5) is 44.3. The van der Waals surface area contributed by atoms with Gasteiger partial charge in [-0.25, -0.2) is 0 Å². The third-order valence-corrected chi connectivity index (χ3v) is 7.36. The second kappa shape index (κ2) is 12.0. The fourth-order valence-corrected chi connectivity index (χ4v) is 5.25. The molecule has 1 fully saturated rings. The van der Waals surface area contributed by atoms with Crippen LogP contribution in [0.25, 0.3) is 0 Å². The standard InChI is InChI=1S/C28H32N4O3S/c1-20-9-11-22(12-10-20)27(34)32-19-23(18-24(32)26(33)30-15-14-29)31(28(35)25-8-5-17-36-25)16-13-21-6-3-2-4-7-21/h2-12,17,23-24H,13-16,18-19,29H2,1H3,(H,30,33). The molecule has 188 valence electrons. The summed E-state index contributed by atoms with van der Waals surface area (Å²) in [6.45, 7) is 3.39. The summed E-state index contributed by atoms with van der Waals surface area (Å²) in [5, 5.41) is 4.72. The number of nitrogens with zero attached hydrogens (tertiary/aromatic N) is 2. The minimum Gasteiger partial charge on any atom is -0.353 e. The fourth-order valence-electron chi connectivity index (χ4n) is 4.57. The largest absolute Gasteiger partial charge is 0.353 e. The molecule has 0 radical (unpaired) electrons. The van der Waals surface area contributed by atoms with Gasteiger partial charge in [0.05, 0.1) is 10.9 Å². The van der Waals surface area contributed by atoms with Crippen LogP contribution in [0.1, 0.15) is 37.6 Å². The number of hydrogen-bond donors (Lipinski definition) is 2. The minimum absolute atomic E-state index is 0.0725. The Bertz CT molecular complexity index is 1170. The van der Waals surface area contributed by atoms with Crippen molar-refractivity contribution in [3.63, 3.8) is 0 Å². The van der Waals surface area contributed by atoms with E-state index in [-0.39, 0.29) is 23.8 Å². The summed E-state index contributed by atoms with van der Waals surface area (Å²) in [7, 11) is 0. The van der Waals surface area contributed by atoms with E-state index in [1.165, 1.54) is 11.3 Å². The first-order valence-corrected chi connectivity index (χ1v) is 13.1. The van der Waals surface area contributed by atoms with Crippen LogP contribution in [0.3, 0.4) is 0 Å². The van der Waals surface area contributed by atoms with Crippen LogP contribution in [0, 0.1) is 6.92 Å². The maximum absolute atomic E-state index is 13.6. The molecule has 1 aliphatic heterocycles. The average molecular weight is 505 g/mol. The van der Waals surface area contributed by atoms with Gasteiger partial charge >= 0.3 is 0 Å². The number of likely N-dealkylation sites (tertiary alicyclic amines) is 1. The zero-order chi connectivity index (χ0) is 25.5. The van der Waals surface area contributed by atoms with Crippen LogP contribution in [0.4, 0.5) is 0 Å². The van der Waals surface area contributed by atoms with Gasteiger partial charge in [-0.05, 0) is 48.9 Å². The van der Waals surface area contributed by atoms with E-state index in [4.69, 9.17) is 5.73 Å². The van der Waals surface area contributed by atoms with Gasteiger partial charge in [0.2, 0.25) is 5.91 Å². The Hall–Kier alpha value is -3.49. The topological polar surface area (TPSA) is 95.7 Å². The van der Waals surface area contributed by atoms with Gasteiger partial charge in [-0.2, -0.15) is 0 Å². The van der Waals surface area contributed by atoms with E-state index in [2.05, 4.69) is 5.32 Å². The average Bonchev–Trinajstić information content (AvgIpc) is 3.59. The lowest BCUT2D eigenvalue weighted by Gasteiger charge is -2.29. The van der Waals surface area contributed by atoms with Gasteiger partial charge in [0, 0.05) is 31.7 Å². The zero-order valence-electron chi connectivity index (χ0n) is 20.4. The number of benzene rings is 2. The lowest BCUT2D eigenvalue weighted by Crippen LogP contribution is -2.47. The van der Waals surface area contributed by atoms with Crippen molar-refractivity contribution in [3.05, 3.63) is 93.7 Å². The van der Waals surface area contributed by atoms with Crippen LogP contribution in [0.15, 0.2) is 72.1 Å². The Morgan fingerprint density at radius 1 is 1.06 bits per heavy atom. The summed E-state index contributed by atoms with van der Waals surface area (Å²) in [5.74, 6) is -0.524. The maximum atomic E-state index is 13.6. The summed E-state index contributed by atoms with van der Waals surface area (Å²) in [6.07, 6.45) is 1.06. The second-order valence-electron chi connectivity index (χ2n) is 9.02. The third kappa shape index (κ3) is 6.01. The molecule has 1 saturated heterocycles. The Balaban J connectivity index is 1.61. The molecule has 3 aromatic rings. The van der Waals surface area contributed by atoms with Gasteiger partial charge in [-0.3, -0.25) is 14.4 Å². The zero-order valence-corrected chi connectivity index (χ0v) is 21.2. The number of hydrogen-bond acceptors (Lipinski definition) is 5. The number of thiophene rings is 1. The molecule has 0 saturated carbocycles. The van der Waals surface area contributed by atoms with Gasteiger partial charge in [-0.15, -0.1) is 11.3 Å². The van der Waals surface area contributed by atoms with E-state index in [1.807, 2.05) is 71.8 Å². The highest BCUT2D eigenvalue weighted by molar-refractivity contribution is 7.12. The molecule has 3 N–H and O–H groups in total. The molecule has 1 aliphatic rings. The number of nitrogens with two attached hydrogens (primary N) is 1. The molecule has 1 aromatic heterocycles. The summed E-state index contributed by atoms with van der Waals surface area (Å²) in [5.41, 5.74) is 8.30. The molecule has 2 unspecified atom stereocenters. The van der Waals surface area contributed by atoms with Crippen molar-refractivity contribution in [2.75, 3.05) is 26.2 Å². The Labute approximate surface area is 215 Å². The van der Waals surface area contributed by atoms with E-state index in [1.54, 1.807) is 17.0 Å². The van der Waals surface area contributed by atoms with Crippen molar-refractivity contribution in [1.29, 1.82) is 0 Å². The molecule has 2 heterocycles. The molecule has 0 bridgehead atoms. The van der Waals surface area contributed by atoms with Crippen molar-refractivity contribution in [1.82, 2.24) is 15.1 Å². The Kier molecular flexibility index (Phi) is 8.51. The first-order valence-electron chi connectivity index (χ1n) is 12.2. The molecule has 0 aliphatic carbocycles. The monoisotopic (exact) mass is 504 g/mol. The van der Waals surface area contributed by atoms with E-state index in [0.717, 1.165) is 11.1 Å². The van der Waals surface area contributed by atoms with Crippen LogP contribution in [-0.4, -0.2) is 65.8 Å². The molecule has 4 rings (SSSR count). The quantitative estimate of drug-likeness (QED) is 0.468. The van der Waals surface area contributed by atoms with Crippen molar-refractivity contribution in [2.24, 2.45) is 5.73 Å². The van der Waals surface area contributed by atoms with Crippen molar-refractivity contribution in [2.45, 2.75) is 31.8 Å². The summed E-state index contributed by atoms with van der Waals surface area (Å²) < 4.78 is 0. The molecule has 2 atom stereocenters. The van der Waals surface area contributed by atoms with Crippen molar-refractivity contribution in [3.8, 4) is 0 Å². The van der Waals surface area contributed by atoms with Crippen molar-refractivity contribution >= 4 is 29.1 Å². The number of carbonyl (C=O) groups excluding carboxylic acids is 3. The molecule has 3 amide bonds. The number of aryl methyl sites for hydroxylation is 1. The smallest absolute Gasteiger partial charge is 0.264 e. The summed E-state index contributed by atoms with van der Waals surface area (Å²) >= 11 is 1.40. The lowest BCUT2D eigenvalue weighted by molar-refractivity contribution is -0.124. The summed E-state index contributed by atoms with van der Waals surface area (Å²) in [6, 6.07) is 20.1. The molecular weight excluding hydrogens is 472 g/mol. The number of amides is 3. The second-order valence-corrected chi connectivity index (χ2v) is 9.97. The van der Waals surface area contributed by atoms with Gasteiger partial charge < -0.3 is 20.9 Å². The maximum Gasteiger partial charge on any atom is 0.264 e. The molecule has 36 heavy (non-hydrogen) atoms. The van der Waals surface area contributed by atoms with Crippen LogP contribution in [0.5, 0.6) is 0 Å². The minimum atomic E-state index is -0.675. The predicted octanol–water partition coefficient (Wildman–Crippen LogP) is 3.10. The van der Waals surface area contributed by atoms with E-state index >= 15 is 0 Å². The normalized spacial score (nSPS) is 17.1. The van der Waals surface area contributed by atoms with Crippen LogP contribution in [0.2, 0.25) is 0 Å². The number of nitrogens with one attached hydrogen (secondary N) is 1. The fraction of sp³-hybridized carbons (Fsp3) is 0.321. The van der Waals surface area contributed by atoms with Crippen LogP contribution in [-0.2, 0) is 11.2 Å². The third-order valence-electron chi connectivity index (χ3n) is 6.50. The Morgan fingerprint density at radius 2 is 1.81 bits per heavy atom. The Morgan fingerprint density at radius 3 is 2.47 bits per heavy atom. The van der Waals surface area contributed by atoms with Gasteiger partial charge in [-0.1, -0.05) is 54.1 Å². The van der Waals surface area contributed by atoms with Crippen LogP contribution >= 0.6 is 11.3 Å². The first-order chi connectivity index (χ1) is 17.5. The van der Waals surface area contributed by atoms with Crippen molar-refractivity contribution < 1.29 is 14.4 Å². The highest BCUT2D eigenvalue weighted by atomic mass is 32.1. The first kappa shape index (κ1) is 25.6. The molecule has 8 heteroatoms. The van der Waals surface area contributed by atoms with Gasteiger partial charge in [0.15, 0.2) is 0 Å². The lowest BCUT2D eigenvalue weighted by atomic mass is 10.1. The molecular formula is C28H32N4O3S. The van der Waals surface area contributed by atoms with Gasteiger partial charge in [0.25, 0.3) is 11.8 Å². The number of rotatable bonds is 9. The van der Waals surface area contributed by atoms with E-state index in [9.17, 15) is 14.4 Å². The predicted molar refractivity (Wildman–Crippen MR) is 142 cm³/mol.